The molecule has 1 N–H and O–H groups in total. The van der Waals surface area contributed by atoms with Crippen LogP contribution >= 0.6 is 0 Å². The van der Waals surface area contributed by atoms with Crippen LogP contribution in [-0.2, 0) is 11.3 Å². The van der Waals surface area contributed by atoms with Crippen LogP contribution in [0.25, 0.3) is 0 Å². The number of nitrogens with one attached hydrogen (secondary N) is 1. The standard InChI is InChI=1S/C28H40N4O4/c1-4-32-12-6-7-24(32)15-30-28(33)23-13-22(20-36-25-8-5-11-29-16-25)18-31(19-23)17-21-9-10-26(34-2)27(14-21)35-3/h5,8-11,14,16,22-24H,4,6-7,12-13,15,17-20H2,1-3H3,(H,30,33)/t22-,23+,24?/m0/s1. The van der Waals surface area contributed by atoms with Crippen molar-refractivity contribution >= 4 is 5.91 Å². The lowest BCUT2D eigenvalue weighted by atomic mass is 9.88. The van der Waals surface area contributed by atoms with E-state index >= 15 is 0 Å². The number of amides is 1. The molecule has 1 aromatic carbocycles. The second-order valence-corrected chi connectivity index (χ2v) is 9.85. The lowest BCUT2D eigenvalue weighted by molar-refractivity contribution is -0.128. The van der Waals surface area contributed by atoms with Crippen molar-refractivity contribution in [1.82, 2.24) is 20.1 Å². The minimum absolute atomic E-state index is 0.0714. The molecule has 3 heterocycles. The van der Waals surface area contributed by atoms with Crippen molar-refractivity contribution in [2.24, 2.45) is 11.8 Å². The van der Waals surface area contributed by atoms with Gasteiger partial charge in [0, 0.05) is 44.3 Å². The highest BCUT2D eigenvalue weighted by atomic mass is 16.5. The average molecular weight is 497 g/mol. The summed E-state index contributed by atoms with van der Waals surface area (Å²) in [6.07, 6.45) is 6.66. The molecule has 0 saturated carbocycles. The second-order valence-electron chi connectivity index (χ2n) is 9.85. The molecule has 0 radical (unpaired) electrons. The molecule has 2 aromatic rings. The Morgan fingerprint density at radius 2 is 2.03 bits per heavy atom. The summed E-state index contributed by atoms with van der Waals surface area (Å²) >= 11 is 0. The molecule has 3 atom stereocenters. The third-order valence-corrected chi connectivity index (χ3v) is 7.38. The number of carbonyl (C=O) groups excluding carboxylic acids is 1. The second kappa shape index (κ2) is 12.9. The van der Waals surface area contributed by atoms with Gasteiger partial charge in [0.15, 0.2) is 11.5 Å². The Morgan fingerprint density at radius 3 is 2.78 bits per heavy atom. The van der Waals surface area contributed by atoms with Crippen molar-refractivity contribution < 1.29 is 19.0 Å². The molecule has 1 amide bonds. The van der Waals surface area contributed by atoms with Crippen LogP contribution in [0.2, 0.25) is 0 Å². The van der Waals surface area contributed by atoms with Crippen molar-refractivity contribution in [3.8, 4) is 17.2 Å². The zero-order valence-electron chi connectivity index (χ0n) is 21.8. The molecule has 196 valence electrons. The topological polar surface area (TPSA) is 76.2 Å². The number of hydrogen-bond acceptors (Lipinski definition) is 7. The molecule has 0 spiro atoms. The Balaban J connectivity index is 1.41. The summed E-state index contributed by atoms with van der Waals surface area (Å²) in [5, 5.41) is 3.28. The molecule has 4 rings (SSSR count). The van der Waals surface area contributed by atoms with Crippen LogP contribution in [0.5, 0.6) is 17.2 Å². The van der Waals surface area contributed by atoms with Crippen molar-refractivity contribution in [3.05, 3.63) is 48.3 Å². The lowest BCUT2D eigenvalue weighted by Crippen LogP contribution is -2.49. The van der Waals surface area contributed by atoms with E-state index < -0.39 is 0 Å². The number of hydrogen-bond donors (Lipinski definition) is 1. The van der Waals surface area contributed by atoms with Gasteiger partial charge in [0.2, 0.25) is 5.91 Å². The SMILES string of the molecule is CCN1CCCC1CNC(=O)[C@@H]1C[C@H](COc2cccnc2)CN(Cc2ccc(OC)c(OC)c2)C1. The van der Waals surface area contributed by atoms with E-state index in [1.807, 2.05) is 24.3 Å². The molecule has 1 unspecified atom stereocenters. The lowest BCUT2D eigenvalue weighted by Gasteiger charge is -2.37. The maximum absolute atomic E-state index is 13.3. The summed E-state index contributed by atoms with van der Waals surface area (Å²) in [5.41, 5.74) is 1.13. The van der Waals surface area contributed by atoms with E-state index in [2.05, 4.69) is 33.1 Å². The fourth-order valence-electron chi connectivity index (χ4n) is 5.53. The van der Waals surface area contributed by atoms with E-state index in [9.17, 15) is 4.79 Å². The molecule has 2 aliphatic heterocycles. The van der Waals surface area contributed by atoms with Crippen molar-refractivity contribution in [3.63, 3.8) is 0 Å². The highest BCUT2D eigenvalue weighted by Crippen LogP contribution is 2.30. The first-order chi connectivity index (χ1) is 17.6. The van der Waals surface area contributed by atoms with Crippen LogP contribution in [0.4, 0.5) is 0 Å². The van der Waals surface area contributed by atoms with Crippen LogP contribution in [-0.4, -0.2) is 80.3 Å². The number of ether oxygens (including phenoxy) is 3. The maximum atomic E-state index is 13.3. The fraction of sp³-hybridized carbons (Fsp3) is 0.571. The van der Waals surface area contributed by atoms with Crippen LogP contribution in [0, 0.1) is 11.8 Å². The number of aromatic nitrogens is 1. The summed E-state index contributed by atoms with van der Waals surface area (Å²) in [7, 11) is 3.29. The van der Waals surface area contributed by atoms with Gasteiger partial charge in [-0.1, -0.05) is 13.0 Å². The summed E-state index contributed by atoms with van der Waals surface area (Å²) < 4.78 is 16.9. The van der Waals surface area contributed by atoms with Gasteiger partial charge in [-0.3, -0.25) is 19.6 Å². The van der Waals surface area contributed by atoms with Crippen molar-refractivity contribution in [2.45, 2.75) is 38.8 Å². The number of rotatable bonds is 11. The van der Waals surface area contributed by atoms with Crippen LogP contribution in [0.1, 0.15) is 31.7 Å². The van der Waals surface area contributed by atoms with Gasteiger partial charge in [0.25, 0.3) is 0 Å². The van der Waals surface area contributed by atoms with Gasteiger partial charge in [0.1, 0.15) is 5.75 Å². The van der Waals surface area contributed by atoms with Crippen LogP contribution < -0.4 is 19.5 Å². The first kappa shape index (κ1) is 26.2. The number of methoxy groups -OCH3 is 2. The highest BCUT2D eigenvalue weighted by Gasteiger charge is 2.33. The van der Waals surface area contributed by atoms with Gasteiger partial charge in [-0.05, 0) is 62.2 Å². The number of likely N-dealkylation sites (N-methyl/N-ethyl adjacent to an activating group) is 1. The Bertz CT molecular complexity index is 973. The fourth-order valence-corrected chi connectivity index (χ4v) is 5.53. The Morgan fingerprint density at radius 1 is 1.17 bits per heavy atom. The summed E-state index contributed by atoms with van der Waals surface area (Å²) in [6, 6.07) is 10.3. The Labute approximate surface area is 214 Å². The van der Waals surface area contributed by atoms with Gasteiger partial charge in [-0.25, -0.2) is 0 Å². The number of carbonyl (C=O) groups is 1. The molecule has 1 aromatic heterocycles. The quantitative estimate of drug-likeness (QED) is 0.512. The molecular formula is C28H40N4O4. The van der Waals surface area contributed by atoms with Gasteiger partial charge >= 0.3 is 0 Å². The van der Waals surface area contributed by atoms with Crippen LogP contribution in [0.3, 0.4) is 0 Å². The number of pyridine rings is 1. The van der Waals surface area contributed by atoms with E-state index in [0.717, 1.165) is 69.2 Å². The zero-order valence-corrected chi connectivity index (χ0v) is 21.8. The maximum Gasteiger partial charge on any atom is 0.224 e. The molecule has 2 saturated heterocycles. The van der Waals surface area contributed by atoms with E-state index in [0.29, 0.717) is 18.4 Å². The highest BCUT2D eigenvalue weighted by molar-refractivity contribution is 5.79. The Kier molecular flexibility index (Phi) is 9.41. The third kappa shape index (κ3) is 6.89. The first-order valence-electron chi connectivity index (χ1n) is 13.1. The van der Waals surface area contributed by atoms with E-state index in [1.54, 1.807) is 26.6 Å². The largest absolute Gasteiger partial charge is 0.493 e. The molecule has 2 fully saturated rings. The minimum Gasteiger partial charge on any atom is -0.493 e. The van der Waals surface area contributed by atoms with E-state index in [4.69, 9.17) is 14.2 Å². The van der Waals surface area contributed by atoms with E-state index in [-0.39, 0.29) is 17.7 Å². The van der Waals surface area contributed by atoms with Gasteiger partial charge in [-0.2, -0.15) is 0 Å². The predicted octanol–water partition coefficient (Wildman–Crippen LogP) is 3.22. The smallest absolute Gasteiger partial charge is 0.224 e. The first-order valence-corrected chi connectivity index (χ1v) is 13.1. The number of nitrogens with zero attached hydrogens (tertiary/aromatic N) is 3. The normalized spacial score (nSPS) is 22.8. The molecule has 2 aliphatic rings. The Hall–Kier alpha value is -2.84. The predicted molar refractivity (Wildman–Crippen MR) is 139 cm³/mol. The summed E-state index contributed by atoms with van der Waals surface area (Å²) in [5.74, 6) is 2.52. The van der Waals surface area contributed by atoms with Crippen molar-refractivity contribution in [2.75, 3.05) is 53.6 Å². The van der Waals surface area contributed by atoms with E-state index in [1.165, 1.54) is 6.42 Å². The molecular weight excluding hydrogens is 456 g/mol. The molecule has 36 heavy (non-hydrogen) atoms. The monoisotopic (exact) mass is 496 g/mol. The molecule has 8 nitrogen and oxygen atoms in total. The molecule has 8 heteroatoms. The number of likely N-dealkylation sites (tertiary alicyclic amines) is 2. The summed E-state index contributed by atoms with van der Waals surface area (Å²) in [6.45, 7) is 7.99. The van der Waals surface area contributed by atoms with Gasteiger partial charge in [0.05, 0.1) is 32.9 Å². The van der Waals surface area contributed by atoms with Gasteiger partial charge < -0.3 is 19.5 Å². The zero-order chi connectivity index (χ0) is 25.3. The summed E-state index contributed by atoms with van der Waals surface area (Å²) in [4.78, 5) is 22.3. The number of piperidine rings is 1. The minimum atomic E-state index is -0.0714. The van der Waals surface area contributed by atoms with Gasteiger partial charge in [-0.15, -0.1) is 0 Å². The average Bonchev–Trinajstić information content (AvgIpc) is 3.38. The van der Waals surface area contributed by atoms with Crippen molar-refractivity contribution in [1.29, 1.82) is 0 Å². The number of benzene rings is 1. The third-order valence-electron chi connectivity index (χ3n) is 7.38. The van der Waals surface area contributed by atoms with Crippen LogP contribution in [0.15, 0.2) is 42.7 Å². The molecule has 0 aliphatic carbocycles. The molecule has 0 bridgehead atoms.